The standard InChI is InChI=1S/C21H22F3N3O/c1-13-11-15(14-3-5-16(6-4-14)21(22,23)24)12-18(26-13)17-7-9-20(27-17)8-2-10-25-19(20)28/h3-6,11-12,17,27H,2,7-10H2,1H3,(H,25,28)/t17-,20+/m0/s1. The molecule has 1 amide bonds. The average Bonchev–Trinajstić information content (AvgIpc) is 3.08. The Morgan fingerprint density at radius 3 is 2.54 bits per heavy atom. The van der Waals surface area contributed by atoms with Gasteiger partial charge >= 0.3 is 6.18 Å². The van der Waals surface area contributed by atoms with Gasteiger partial charge in [0.1, 0.15) is 0 Å². The van der Waals surface area contributed by atoms with E-state index < -0.39 is 17.3 Å². The fraction of sp³-hybridized carbons (Fsp3) is 0.429. The van der Waals surface area contributed by atoms with E-state index in [9.17, 15) is 18.0 Å². The number of rotatable bonds is 2. The van der Waals surface area contributed by atoms with Crippen LogP contribution < -0.4 is 10.6 Å². The van der Waals surface area contributed by atoms with Gasteiger partial charge in [0.25, 0.3) is 0 Å². The largest absolute Gasteiger partial charge is 0.416 e. The summed E-state index contributed by atoms with van der Waals surface area (Å²) in [4.78, 5) is 17.0. The number of hydrogen-bond acceptors (Lipinski definition) is 3. The van der Waals surface area contributed by atoms with Crippen LogP contribution in [0.15, 0.2) is 36.4 Å². The van der Waals surface area contributed by atoms with Crippen LogP contribution >= 0.6 is 0 Å². The summed E-state index contributed by atoms with van der Waals surface area (Å²) in [5.41, 5.74) is 1.97. The van der Waals surface area contributed by atoms with Gasteiger partial charge in [0.2, 0.25) is 5.91 Å². The van der Waals surface area contributed by atoms with Crippen LogP contribution in [0.2, 0.25) is 0 Å². The molecule has 0 saturated carbocycles. The van der Waals surface area contributed by atoms with E-state index in [4.69, 9.17) is 0 Å². The van der Waals surface area contributed by atoms with Gasteiger partial charge in [0.05, 0.1) is 22.8 Å². The predicted octanol–water partition coefficient (Wildman–Crippen LogP) is 4.15. The Morgan fingerprint density at radius 2 is 1.86 bits per heavy atom. The molecule has 0 aliphatic carbocycles. The number of carbonyl (C=O) groups is 1. The molecule has 7 heteroatoms. The number of nitrogens with zero attached hydrogens (tertiary/aromatic N) is 1. The lowest BCUT2D eigenvalue weighted by Gasteiger charge is -2.33. The number of aryl methyl sites for hydroxylation is 1. The fourth-order valence-electron chi connectivity index (χ4n) is 4.23. The highest BCUT2D eigenvalue weighted by Crippen LogP contribution is 2.38. The number of benzene rings is 1. The number of piperidine rings is 1. The van der Waals surface area contributed by atoms with Gasteiger partial charge in [0, 0.05) is 12.2 Å². The summed E-state index contributed by atoms with van der Waals surface area (Å²) in [6.45, 7) is 2.59. The van der Waals surface area contributed by atoms with Crippen molar-refractivity contribution in [1.82, 2.24) is 15.6 Å². The minimum atomic E-state index is -4.35. The van der Waals surface area contributed by atoms with Gasteiger partial charge < -0.3 is 5.32 Å². The molecule has 4 rings (SSSR count). The van der Waals surface area contributed by atoms with E-state index in [0.717, 1.165) is 54.8 Å². The van der Waals surface area contributed by atoms with Crippen molar-refractivity contribution in [2.75, 3.05) is 6.54 Å². The molecular weight excluding hydrogens is 367 g/mol. The van der Waals surface area contributed by atoms with Crippen molar-refractivity contribution < 1.29 is 18.0 Å². The van der Waals surface area contributed by atoms with Crippen molar-refractivity contribution in [3.8, 4) is 11.1 Å². The molecule has 2 fully saturated rings. The van der Waals surface area contributed by atoms with E-state index in [1.165, 1.54) is 12.1 Å². The first-order chi connectivity index (χ1) is 13.3. The zero-order valence-corrected chi connectivity index (χ0v) is 15.6. The molecule has 2 aromatic rings. The van der Waals surface area contributed by atoms with Crippen LogP contribution in [0, 0.1) is 6.92 Å². The third-order valence-electron chi connectivity index (χ3n) is 5.69. The third kappa shape index (κ3) is 3.51. The van der Waals surface area contributed by atoms with E-state index >= 15 is 0 Å². The van der Waals surface area contributed by atoms with Crippen LogP contribution in [-0.4, -0.2) is 23.0 Å². The molecule has 3 heterocycles. The van der Waals surface area contributed by atoms with Gasteiger partial charge in [-0.15, -0.1) is 0 Å². The van der Waals surface area contributed by atoms with Crippen molar-refractivity contribution in [2.24, 2.45) is 0 Å². The van der Waals surface area contributed by atoms with Crippen LogP contribution in [0.4, 0.5) is 13.2 Å². The highest BCUT2D eigenvalue weighted by atomic mass is 19.4. The minimum absolute atomic E-state index is 0.0445. The number of carbonyl (C=O) groups excluding carboxylic acids is 1. The van der Waals surface area contributed by atoms with Gasteiger partial charge in [-0.1, -0.05) is 12.1 Å². The van der Waals surface area contributed by atoms with Crippen LogP contribution in [-0.2, 0) is 11.0 Å². The van der Waals surface area contributed by atoms with Gasteiger partial charge in [-0.25, -0.2) is 0 Å². The quantitative estimate of drug-likeness (QED) is 0.811. The van der Waals surface area contributed by atoms with Gasteiger partial charge in [-0.3, -0.25) is 15.1 Å². The molecule has 2 aliphatic heterocycles. The Morgan fingerprint density at radius 1 is 1.11 bits per heavy atom. The van der Waals surface area contributed by atoms with Crippen molar-refractivity contribution in [3.63, 3.8) is 0 Å². The Hall–Kier alpha value is -2.41. The van der Waals surface area contributed by atoms with E-state index in [0.29, 0.717) is 12.1 Å². The van der Waals surface area contributed by atoms with Crippen LogP contribution in [0.1, 0.15) is 48.7 Å². The monoisotopic (exact) mass is 389 g/mol. The fourth-order valence-corrected chi connectivity index (χ4v) is 4.23. The number of nitrogens with one attached hydrogen (secondary N) is 2. The van der Waals surface area contributed by atoms with Gasteiger partial charge in [-0.05, 0) is 68.0 Å². The second-order valence-corrected chi connectivity index (χ2v) is 7.67. The molecular formula is C21H22F3N3O. The third-order valence-corrected chi connectivity index (χ3v) is 5.69. The number of hydrogen-bond donors (Lipinski definition) is 2. The Labute approximate surface area is 161 Å². The summed E-state index contributed by atoms with van der Waals surface area (Å²) in [5.74, 6) is 0.0527. The van der Waals surface area contributed by atoms with Crippen LogP contribution in [0.3, 0.4) is 0 Å². The molecule has 0 radical (unpaired) electrons. The van der Waals surface area contributed by atoms with Crippen molar-refractivity contribution in [1.29, 1.82) is 0 Å². The molecule has 2 saturated heterocycles. The number of halogens is 3. The summed E-state index contributed by atoms with van der Waals surface area (Å²) >= 11 is 0. The summed E-state index contributed by atoms with van der Waals surface area (Å²) < 4.78 is 38.4. The smallest absolute Gasteiger partial charge is 0.354 e. The second-order valence-electron chi connectivity index (χ2n) is 7.67. The molecule has 1 aromatic carbocycles. The number of aromatic nitrogens is 1. The molecule has 0 unspecified atom stereocenters. The summed E-state index contributed by atoms with van der Waals surface area (Å²) in [7, 11) is 0. The first-order valence-electron chi connectivity index (χ1n) is 9.49. The highest BCUT2D eigenvalue weighted by Gasteiger charge is 2.46. The van der Waals surface area contributed by atoms with Crippen molar-refractivity contribution in [3.05, 3.63) is 53.3 Å². The second kappa shape index (κ2) is 6.88. The topological polar surface area (TPSA) is 54.0 Å². The maximum atomic E-state index is 12.8. The average molecular weight is 389 g/mol. The molecule has 1 aromatic heterocycles. The lowest BCUT2D eigenvalue weighted by atomic mass is 9.88. The van der Waals surface area contributed by atoms with Gasteiger partial charge in [-0.2, -0.15) is 13.2 Å². The van der Waals surface area contributed by atoms with Gasteiger partial charge in [0.15, 0.2) is 0 Å². The SMILES string of the molecule is Cc1cc(-c2ccc(C(F)(F)F)cc2)cc([C@@H]2CC[C@@]3(CCCNC3=O)N2)n1. The first kappa shape index (κ1) is 18.9. The molecule has 2 aliphatic rings. The minimum Gasteiger partial charge on any atom is -0.354 e. The van der Waals surface area contributed by atoms with E-state index in [-0.39, 0.29) is 11.9 Å². The molecule has 0 bridgehead atoms. The predicted molar refractivity (Wildman–Crippen MR) is 99.5 cm³/mol. The van der Waals surface area contributed by atoms with Crippen LogP contribution in [0.5, 0.6) is 0 Å². The number of alkyl halides is 3. The molecule has 2 N–H and O–H groups in total. The van der Waals surface area contributed by atoms with E-state index in [1.54, 1.807) is 0 Å². The number of pyridine rings is 1. The molecule has 4 nitrogen and oxygen atoms in total. The van der Waals surface area contributed by atoms with E-state index in [1.807, 2.05) is 19.1 Å². The Bertz CT molecular complexity index is 895. The number of amides is 1. The van der Waals surface area contributed by atoms with Crippen LogP contribution in [0.25, 0.3) is 11.1 Å². The maximum Gasteiger partial charge on any atom is 0.416 e. The summed E-state index contributed by atoms with van der Waals surface area (Å²) in [5, 5.41) is 6.42. The highest BCUT2D eigenvalue weighted by molar-refractivity contribution is 5.87. The zero-order valence-electron chi connectivity index (χ0n) is 15.6. The molecule has 2 atom stereocenters. The summed E-state index contributed by atoms with van der Waals surface area (Å²) in [6.07, 6.45) is -1.03. The lowest BCUT2D eigenvalue weighted by Crippen LogP contribution is -2.57. The Balaban J connectivity index is 1.60. The molecule has 1 spiro atoms. The Kier molecular flexibility index (Phi) is 4.65. The first-order valence-corrected chi connectivity index (χ1v) is 9.49. The van der Waals surface area contributed by atoms with Crippen molar-refractivity contribution >= 4 is 5.91 Å². The maximum absolute atomic E-state index is 12.8. The van der Waals surface area contributed by atoms with Crippen molar-refractivity contribution in [2.45, 2.75) is 50.4 Å². The normalized spacial score (nSPS) is 25.1. The molecule has 148 valence electrons. The molecule has 28 heavy (non-hydrogen) atoms. The zero-order chi connectivity index (χ0) is 19.9. The van der Waals surface area contributed by atoms with E-state index in [2.05, 4.69) is 15.6 Å². The summed E-state index contributed by atoms with van der Waals surface area (Å²) in [6, 6.07) is 8.90. The lowest BCUT2D eigenvalue weighted by molar-refractivity contribution is -0.137.